The maximum absolute atomic E-state index is 6.41. The molecule has 6 nitrogen and oxygen atoms in total. The molecule has 2 aromatic carbocycles. The van der Waals surface area contributed by atoms with E-state index in [1.807, 2.05) is 18.1 Å². The second kappa shape index (κ2) is 6.70. The van der Waals surface area contributed by atoms with Gasteiger partial charge >= 0.3 is 0 Å². The van der Waals surface area contributed by atoms with Crippen molar-refractivity contribution in [1.29, 1.82) is 0 Å². The molecule has 27 heavy (non-hydrogen) atoms. The predicted octanol–water partition coefficient (Wildman–Crippen LogP) is 4.25. The molecule has 1 aliphatic heterocycles. The van der Waals surface area contributed by atoms with Gasteiger partial charge in [-0.25, -0.2) is 0 Å². The topological polar surface area (TPSA) is 79.7 Å². The summed E-state index contributed by atoms with van der Waals surface area (Å²) in [5.41, 5.74) is 12.6. The lowest BCUT2D eigenvalue weighted by Crippen LogP contribution is -2.38. The minimum Gasteiger partial charge on any atom is -0.367 e. The van der Waals surface area contributed by atoms with Crippen molar-refractivity contribution in [3.8, 4) is 11.1 Å². The predicted molar refractivity (Wildman–Crippen MR) is 110 cm³/mol. The Morgan fingerprint density at radius 2 is 2.07 bits per heavy atom. The number of nitrogens with two attached hydrogens (primary N) is 1. The third kappa shape index (κ3) is 2.86. The summed E-state index contributed by atoms with van der Waals surface area (Å²) in [7, 11) is 0. The fourth-order valence-electron chi connectivity index (χ4n) is 3.67. The molecule has 6 heteroatoms. The van der Waals surface area contributed by atoms with Crippen LogP contribution in [0.2, 0.25) is 0 Å². The summed E-state index contributed by atoms with van der Waals surface area (Å²) < 4.78 is 5.70. The number of aromatic nitrogens is 1. The van der Waals surface area contributed by atoms with Gasteiger partial charge in [0.25, 0.3) is 0 Å². The van der Waals surface area contributed by atoms with Gasteiger partial charge in [0.1, 0.15) is 6.17 Å². The van der Waals surface area contributed by atoms with E-state index in [2.05, 4.69) is 66.7 Å². The number of rotatable bonds is 4. The molecule has 0 amide bonds. The number of nitrogens with one attached hydrogen (secondary N) is 1. The van der Waals surface area contributed by atoms with Crippen LogP contribution >= 0.6 is 0 Å². The van der Waals surface area contributed by atoms with E-state index in [-0.39, 0.29) is 12.2 Å². The molecule has 0 aliphatic carbocycles. The van der Waals surface area contributed by atoms with E-state index in [9.17, 15) is 0 Å². The summed E-state index contributed by atoms with van der Waals surface area (Å²) >= 11 is 0. The third-order valence-corrected chi connectivity index (χ3v) is 5.03. The standard InChI is InChI=1S/C21H25N5O/c1-5-23-21-17-8-6-13(4)18(19(17)27-25-21)14-7-9-16-15(10-14)11-24-26(12(2)3)20(16)22/h6-12,20H,5,22H2,1-4H3,(H,23,25). The van der Waals surface area contributed by atoms with Crippen LogP contribution in [-0.2, 0) is 0 Å². The van der Waals surface area contributed by atoms with Crippen molar-refractivity contribution in [1.82, 2.24) is 10.2 Å². The molecule has 0 saturated heterocycles. The Bertz CT molecular complexity index is 1020. The van der Waals surface area contributed by atoms with E-state index in [0.29, 0.717) is 0 Å². The fourth-order valence-corrected chi connectivity index (χ4v) is 3.67. The molecular weight excluding hydrogens is 338 g/mol. The summed E-state index contributed by atoms with van der Waals surface area (Å²) in [6.07, 6.45) is 1.66. The Morgan fingerprint density at radius 3 is 2.81 bits per heavy atom. The highest BCUT2D eigenvalue weighted by Gasteiger charge is 2.24. The average molecular weight is 363 g/mol. The van der Waals surface area contributed by atoms with Gasteiger partial charge in [0.05, 0.1) is 11.6 Å². The lowest BCUT2D eigenvalue weighted by Gasteiger charge is -2.33. The summed E-state index contributed by atoms with van der Waals surface area (Å²) in [5, 5.41) is 14.9. The lowest BCUT2D eigenvalue weighted by atomic mass is 9.93. The van der Waals surface area contributed by atoms with Gasteiger partial charge in [-0.05, 0) is 56.5 Å². The summed E-state index contributed by atoms with van der Waals surface area (Å²) in [6.45, 7) is 9.11. The second-order valence-electron chi connectivity index (χ2n) is 7.20. The van der Waals surface area contributed by atoms with Crippen molar-refractivity contribution in [2.45, 2.75) is 39.9 Å². The largest absolute Gasteiger partial charge is 0.367 e. The maximum Gasteiger partial charge on any atom is 0.177 e. The molecule has 0 saturated carbocycles. The molecule has 4 rings (SSSR count). The van der Waals surface area contributed by atoms with Gasteiger partial charge in [-0.15, -0.1) is 0 Å². The summed E-state index contributed by atoms with van der Waals surface area (Å²) in [4.78, 5) is 0. The molecule has 0 spiro atoms. The normalized spacial score (nSPS) is 16.2. The van der Waals surface area contributed by atoms with Gasteiger partial charge in [-0.1, -0.05) is 23.4 Å². The highest BCUT2D eigenvalue weighted by molar-refractivity contribution is 6.00. The molecule has 1 atom stereocenters. The number of benzene rings is 2. The maximum atomic E-state index is 6.41. The first kappa shape index (κ1) is 17.5. The molecule has 1 unspecified atom stereocenters. The summed E-state index contributed by atoms with van der Waals surface area (Å²) in [6, 6.07) is 10.7. The SMILES string of the molecule is CCNc1noc2c(-c3ccc4c(c3)C=NN(C(C)C)C4N)c(C)ccc12. The number of nitrogens with zero attached hydrogens (tertiary/aromatic N) is 3. The highest BCUT2D eigenvalue weighted by Crippen LogP contribution is 2.37. The Labute approximate surface area is 159 Å². The third-order valence-electron chi connectivity index (χ3n) is 5.03. The van der Waals surface area contributed by atoms with Crippen LogP contribution in [0.25, 0.3) is 22.1 Å². The molecule has 1 aliphatic rings. The van der Waals surface area contributed by atoms with Crippen LogP contribution < -0.4 is 11.1 Å². The lowest BCUT2D eigenvalue weighted by molar-refractivity contribution is 0.161. The van der Waals surface area contributed by atoms with Gasteiger partial charge < -0.3 is 15.6 Å². The van der Waals surface area contributed by atoms with E-state index in [1.165, 1.54) is 0 Å². The smallest absolute Gasteiger partial charge is 0.177 e. The Hall–Kier alpha value is -2.86. The number of anilines is 1. The van der Waals surface area contributed by atoms with Gasteiger partial charge in [0, 0.05) is 23.7 Å². The van der Waals surface area contributed by atoms with Crippen LogP contribution in [0.1, 0.15) is 43.6 Å². The van der Waals surface area contributed by atoms with Crippen molar-refractivity contribution < 1.29 is 4.52 Å². The van der Waals surface area contributed by atoms with E-state index in [4.69, 9.17) is 10.3 Å². The zero-order valence-electron chi connectivity index (χ0n) is 16.2. The molecule has 1 aromatic heterocycles. The molecule has 0 bridgehead atoms. The summed E-state index contributed by atoms with van der Waals surface area (Å²) in [5.74, 6) is 0.780. The van der Waals surface area contributed by atoms with Crippen LogP contribution in [0.3, 0.4) is 0 Å². The van der Waals surface area contributed by atoms with E-state index < -0.39 is 0 Å². The van der Waals surface area contributed by atoms with E-state index in [1.54, 1.807) is 0 Å². The Morgan fingerprint density at radius 1 is 1.26 bits per heavy atom. The Kier molecular flexibility index (Phi) is 4.36. The van der Waals surface area contributed by atoms with Crippen molar-refractivity contribution in [3.05, 3.63) is 47.0 Å². The number of fused-ring (bicyclic) bond motifs is 2. The Balaban J connectivity index is 1.83. The average Bonchev–Trinajstić information content (AvgIpc) is 3.04. The van der Waals surface area contributed by atoms with Crippen molar-refractivity contribution >= 4 is 23.0 Å². The second-order valence-corrected chi connectivity index (χ2v) is 7.20. The number of aryl methyl sites for hydroxylation is 1. The zero-order valence-corrected chi connectivity index (χ0v) is 16.2. The van der Waals surface area contributed by atoms with Gasteiger partial charge in [0.15, 0.2) is 11.4 Å². The first-order valence-corrected chi connectivity index (χ1v) is 9.36. The minimum atomic E-state index is -0.235. The molecule has 0 radical (unpaired) electrons. The van der Waals surface area contributed by atoms with Crippen LogP contribution in [-0.4, -0.2) is 29.0 Å². The molecule has 140 valence electrons. The van der Waals surface area contributed by atoms with Gasteiger partial charge in [0.2, 0.25) is 0 Å². The number of hydrogen-bond acceptors (Lipinski definition) is 6. The molecule has 2 heterocycles. The zero-order chi connectivity index (χ0) is 19.1. The van der Waals surface area contributed by atoms with E-state index >= 15 is 0 Å². The monoisotopic (exact) mass is 363 g/mol. The molecular formula is C21H25N5O. The van der Waals surface area contributed by atoms with Gasteiger partial charge in [-0.2, -0.15) is 5.10 Å². The van der Waals surface area contributed by atoms with E-state index in [0.717, 1.165) is 51.1 Å². The number of hydrogen-bond donors (Lipinski definition) is 2. The first-order chi connectivity index (χ1) is 13.0. The van der Waals surface area contributed by atoms with Crippen LogP contribution in [0.15, 0.2) is 40.0 Å². The fraction of sp³-hybridized carbons (Fsp3) is 0.333. The van der Waals surface area contributed by atoms with Crippen LogP contribution in [0, 0.1) is 6.92 Å². The van der Waals surface area contributed by atoms with Crippen LogP contribution in [0.5, 0.6) is 0 Å². The van der Waals surface area contributed by atoms with Crippen molar-refractivity contribution in [3.63, 3.8) is 0 Å². The molecule has 0 fully saturated rings. The first-order valence-electron chi connectivity index (χ1n) is 9.36. The van der Waals surface area contributed by atoms with Gasteiger partial charge in [-0.3, -0.25) is 5.01 Å². The molecule has 3 N–H and O–H groups in total. The molecule has 3 aromatic rings. The number of hydrazone groups is 1. The van der Waals surface area contributed by atoms with Crippen molar-refractivity contribution in [2.75, 3.05) is 11.9 Å². The minimum absolute atomic E-state index is 0.235. The highest BCUT2D eigenvalue weighted by atomic mass is 16.5. The van der Waals surface area contributed by atoms with Crippen molar-refractivity contribution in [2.24, 2.45) is 10.8 Å². The quantitative estimate of drug-likeness (QED) is 0.724. The van der Waals surface area contributed by atoms with Crippen LogP contribution in [0.4, 0.5) is 5.82 Å².